The molecule has 0 saturated carbocycles. The van der Waals surface area contributed by atoms with Crippen LogP contribution >= 0.6 is 15.9 Å². The number of aryl methyl sites for hydroxylation is 1. The third kappa shape index (κ3) is 5.61. The zero-order valence-electron chi connectivity index (χ0n) is 15.8. The van der Waals surface area contributed by atoms with E-state index in [1.165, 1.54) is 4.80 Å². The number of aromatic nitrogens is 4. The molecule has 10 heteroatoms. The minimum atomic E-state index is -0.401. The second-order valence-corrected chi connectivity index (χ2v) is 7.08. The molecule has 0 spiro atoms. The van der Waals surface area contributed by atoms with Crippen molar-refractivity contribution in [3.05, 3.63) is 52.5 Å². The molecule has 0 saturated heterocycles. The average molecular weight is 459 g/mol. The van der Waals surface area contributed by atoms with Crippen LogP contribution in [0.25, 0.3) is 11.4 Å². The van der Waals surface area contributed by atoms with Crippen LogP contribution in [-0.2, 0) is 16.1 Å². The van der Waals surface area contributed by atoms with E-state index in [0.29, 0.717) is 17.3 Å². The lowest BCUT2D eigenvalue weighted by molar-refractivity contribution is -0.124. The summed E-state index contributed by atoms with van der Waals surface area (Å²) >= 11 is 3.37. The quantitative estimate of drug-likeness (QED) is 0.561. The topological polar surface area (TPSA) is 111 Å². The molecule has 2 amide bonds. The van der Waals surface area contributed by atoms with E-state index in [-0.39, 0.29) is 19.0 Å². The van der Waals surface area contributed by atoms with Crippen LogP contribution in [0.15, 0.2) is 46.9 Å². The molecule has 0 aliphatic rings. The van der Waals surface area contributed by atoms with E-state index >= 15 is 0 Å². The molecule has 0 atom stereocenters. The number of ether oxygens (including phenoxy) is 1. The molecular formula is C19H19BrN6O3. The SMILES string of the molecule is COc1cccc(-c2nnn(CC(=O)NCC(=O)Nc3ccc(Br)cc3C)n2)c1. The lowest BCUT2D eigenvalue weighted by Gasteiger charge is -2.09. The number of carbonyl (C=O) groups excluding carboxylic acids is 2. The number of halogens is 1. The fourth-order valence-corrected chi connectivity index (χ4v) is 2.99. The Morgan fingerprint density at radius 3 is 2.76 bits per heavy atom. The van der Waals surface area contributed by atoms with E-state index in [9.17, 15) is 9.59 Å². The predicted octanol–water partition coefficient (Wildman–Crippen LogP) is 2.17. The van der Waals surface area contributed by atoms with E-state index in [4.69, 9.17) is 4.74 Å². The maximum Gasteiger partial charge on any atom is 0.244 e. The van der Waals surface area contributed by atoms with E-state index in [0.717, 1.165) is 15.6 Å². The van der Waals surface area contributed by atoms with Gasteiger partial charge in [0, 0.05) is 15.7 Å². The van der Waals surface area contributed by atoms with Crippen molar-refractivity contribution in [2.75, 3.05) is 19.0 Å². The van der Waals surface area contributed by atoms with Crippen molar-refractivity contribution < 1.29 is 14.3 Å². The fraction of sp³-hybridized carbons (Fsp3) is 0.211. The number of anilines is 1. The van der Waals surface area contributed by atoms with Crippen molar-refractivity contribution in [2.24, 2.45) is 0 Å². The van der Waals surface area contributed by atoms with Crippen molar-refractivity contribution in [3.8, 4) is 17.1 Å². The monoisotopic (exact) mass is 458 g/mol. The van der Waals surface area contributed by atoms with Gasteiger partial charge in [-0.3, -0.25) is 9.59 Å². The first-order valence-electron chi connectivity index (χ1n) is 8.69. The molecule has 1 heterocycles. The largest absolute Gasteiger partial charge is 0.497 e. The summed E-state index contributed by atoms with van der Waals surface area (Å²) in [4.78, 5) is 25.3. The highest BCUT2D eigenvalue weighted by Crippen LogP contribution is 2.20. The molecule has 2 N–H and O–H groups in total. The first-order valence-corrected chi connectivity index (χ1v) is 9.49. The van der Waals surface area contributed by atoms with Gasteiger partial charge in [-0.25, -0.2) is 0 Å². The Kier molecular flexibility index (Phi) is 6.55. The van der Waals surface area contributed by atoms with E-state index in [1.54, 1.807) is 19.2 Å². The van der Waals surface area contributed by atoms with Gasteiger partial charge in [-0.2, -0.15) is 4.80 Å². The molecule has 0 unspecified atom stereocenters. The Hall–Kier alpha value is -3.27. The van der Waals surface area contributed by atoms with Crippen molar-refractivity contribution in [1.82, 2.24) is 25.5 Å². The van der Waals surface area contributed by atoms with Crippen molar-refractivity contribution in [2.45, 2.75) is 13.5 Å². The third-order valence-electron chi connectivity index (χ3n) is 3.97. The molecule has 29 heavy (non-hydrogen) atoms. The molecule has 0 aliphatic carbocycles. The molecule has 3 rings (SSSR count). The molecular weight excluding hydrogens is 440 g/mol. The second-order valence-electron chi connectivity index (χ2n) is 6.16. The number of hydrogen-bond acceptors (Lipinski definition) is 6. The molecule has 0 bridgehead atoms. The van der Waals surface area contributed by atoms with Crippen LogP contribution in [0.3, 0.4) is 0 Å². The number of nitrogens with zero attached hydrogens (tertiary/aromatic N) is 4. The van der Waals surface area contributed by atoms with E-state index < -0.39 is 5.91 Å². The average Bonchev–Trinajstić information content (AvgIpc) is 3.17. The van der Waals surface area contributed by atoms with Crippen LogP contribution < -0.4 is 15.4 Å². The summed E-state index contributed by atoms with van der Waals surface area (Å²) in [5.41, 5.74) is 2.32. The van der Waals surface area contributed by atoms with Gasteiger partial charge < -0.3 is 15.4 Å². The molecule has 0 fully saturated rings. The fourth-order valence-electron chi connectivity index (χ4n) is 2.51. The maximum atomic E-state index is 12.1. The molecule has 9 nitrogen and oxygen atoms in total. The van der Waals surface area contributed by atoms with Gasteiger partial charge in [0.15, 0.2) is 0 Å². The van der Waals surface area contributed by atoms with Gasteiger partial charge in [0.1, 0.15) is 12.3 Å². The summed E-state index contributed by atoms with van der Waals surface area (Å²) < 4.78 is 6.10. The lowest BCUT2D eigenvalue weighted by Crippen LogP contribution is -2.35. The smallest absolute Gasteiger partial charge is 0.244 e. The summed E-state index contributed by atoms with van der Waals surface area (Å²) in [5, 5.41) is 17.3. The molecule has 150 valence electrons. The van der Waals surface area contributed by atoms with Gasteiger partial charge in [0.2, 0.25) is 17.6 Å². The first-order chi connectivity index (χ1) is 13.9. The Bertz CT molecular complexity index is 1040. The van der Waals surface area contributed by atoms with Gasteiger partial charge >= 0.3 is 0 Å². The minimum Gasteiger partial charge on any atom is -0.497 e. The van der Waals surface area contributed by atoms with Crippen LogP contribution in [0, 0.1) is 6.92 Å². The van der Waals surface area contributed by atoms with Gasteiger partial charge in [-0.05, 0) is 48.0 Å². The number of carbonyl (C=O) groups is 2. The Morgan fingerprint density at radius 2 is 2.00 bits per heavy atom. The van der Waals surface area contributed by atoms with E-state index in [2.05, 4.69) is 42.0 Å². The number of hydrogen-bond donors (Lipinski definition) is 2. The summed E-state index contributed by atoms with van der Waals surface area (Å²) in [7, 11) is 1.57. The van der Waals surface area contributed by atoms with E-state index in [1.807, 2.05) is 37.3 Å². The first kappa shape index (κ1) is 20.5. The van der Waals surface area contributed by atoms with Crippen LogP contribution in [0.4, 0.5) is 5.69 Å². The maximum absolute atomic E-state index is 12.1. The van der Waals surface area contributed by atoms with Crippen LogP contribution in [-0.4, -0.2) is 45.7 Å². The predicted molar refractivity (Wildman–Crippen MR) is 110 cm³/mol. The lowest BCUT2D eigenvalue weighted by atomic mass is 10.2. The van der Waals surface area contributed by atoms with Gasteiger partial charge in [0.05, 0.1) is 13.7 Å². The highest BCUT2D eigenvalue weighted by atomic mass is 79.9. The number of amides is 2. The minimum absolute atomic E-state index is 0.151. The molecule has 1 aromatic heterocycles. The summed E-state index contributed by atoms with van der Waals surface area (Å²) in [6, 6.07) is 12.7. The third-order valence-corrected chi connectivity index (χ3v) is 4.47. The normalized spacial score (nSPS) is 10.4. The van der Waals surface area contributed by atoms with Crippen molar-refractivity contribution in [1.29, 1.82) is 0 Å². The summed E-state index contributed by atoms with van der Waals surface area (Å²) in [5.74, 6) is 0.318. The van der Waals surface area contributed by atoms with Gasteiger partial charge in [-0.15, -0.1) is 10.2 Å². The standard InChI is InChI=1S/C19H19BrN6O3/c1-12-8-14(20)6-7-16(12)22-17(27)10-21-18(28)11-26-24-19(23-25-26)13-4-3-5-15(9-13)29-2/h3-9H,10-11H2,1-2H3,(H,21,28)(H,22,27). The van der Waals surface area contributed by atoms with Crippen LogP contribution in [0.1, 0.15) is 5.56 Å². The summed E-state index contributed by atoms with van der Waals surface area (Å²) in [6.45, 7) is 1.57. The van der Waals surface area contributed by atoms with Crippen LogP contribution in [0.2, 0.25) is 0 Å². The highest BCUT2D eigenvalue weighted by Gasteiger charge is 2.12. The Balaban J connectivity index is 1.52. The van der Waals surface area contributed by atoms with Crippen molar-refractivity contribution >= 4 is 33.4 Å². The highest BCUT2D eigenvalue weighted by molar-refractivity contribution is 9.10. The Labute approximate surface area is 175 Å². The number of benzene rings is 2. The number of methoxy groups -OCH3 is 1. The molecule has 3 aromatic rings. The molecule has 0 aliphatic heterocycles. The summed E-state index contributed by atoms with van der Waals surface area (Å²) in [6.07, 6.45) is 0. The molecule has 2 aromatic carbocycles. The van der Waals surface area contributed by atoms with Gasteiger partial charge in [-0.1, -0.05) is 28.1 Å². The number of nitrogens with one attached hydrogen (secondary N) is 2. The zero-order chi connectivity index (χ0) is 20.8. The van der Waals surface area contributed by atoms with Gasteiger partial charge in [0.25, 0.3) is 0 Å². The number of rotatable bonds is 7. The Morgan fingerprint density at radius 1 is 1.17 bits per heavy atom. The second kappa shape index (κ2) is 9.28. The molecule has 0 radical (unpaired) electrons. The number of tetrazole rings is 1. The van der Waals surface area contributed by atoms with Crippen molar-refractivity contribution in [3.63, 3.8) is 0 Å². The zero-order valence-corrected chi connectivity index (χ0v) is 17.4. The van der Waals surface area contributed by atoms with Crippen LogP contribution in [0.5, 0.6) is 5.75 Å².